The minimum atomic E-state index is -0.314. The third-order valence-electron chi connectivity index (χ3n) is 2.75. The van der Waals surface area contributed by atoms with E-state index in [4.69, 9.17) is 16.3 Å². The fourth-order valence-electron chi connectivity index (χ4n) is 1.85. The van der Waals surface area contributed by atoms with Gasteiger partial charge in [0.15, 0.2) is 0 Å². The van der Waals surface area contributed by atoms with Gasteiger partial charge in [-0.1, -0.05) is 17.7 Å². The van der Waals surface area contributed by atoms with Crippen LogP contribution < -0.4 is 5.32 Å². The lowest BCUT2D eigenvalue weighted by atomic mass is 10.2. The van der Waals surface area contributed by atoms with Crippen molar-refractivity contribution >= 4 is 11.6 Å². The zero-order chi connectivity index (χ0) is 11.4. The normalized spacial score (nSPS) is 20.2. The van der Waals surface area contributed by atoms with Crippen molar-refractivity contribution in [3.05, 3.63) is 34.6 Å². The van der Waals surface area contributed by atoms with Gasteiger partial charge in [0.05, 0.1) is 13.2 Å². The van der Waals surface area contributed by atoms with Crippen LogP contribution in [0.4, 0.5) is 4.39 Å². The van der Waals surface area contributed by atoms with Gasteiger partial charge in [-0.05, 0) is 37.1 Å². The van der Waals surface area contributed by atoms with Crippen LogP contribution in [0.15, 0.2) is 18.2 Å². The minimum absolute atomic E-state index is 0.314. The third kappa shape index (κ3) is 3.17. The van der Waals surface area contributed by atoms with E-state index in [1.165, 1.54) is 18.6 Å². The van der Waals surface area contributed by atoms with Crippen molar-refractivity contribution in [1.29, 1.82) is 0 Å². The highest BCUT2D eigenvalue weighted by Gasteiger charge is 2.13. The van der Waals surface area contributed by atoms with Gasteiger partial charge in [-0.2, -0.15) is 0 Å². The molecule has 2 rings (SSSR count). The van der Waals surface area contributed by atoms with Crippen molar-refractivity contribution in [2.45, 2.75) is 25.5 Å². The number of benzene rings is 1. The maximum Gasteiger partial charge on any atom is 0.124 e. The summed E-state index contributed by atoms with van der Waals surface area (Å²) < 4.78 is 18.3. The maximum absolute atomic E-state index is 12.8. The Morgan fingerprint density at radius 1 is 1.50 bits per heavy atom. The number of hydrogen-bond acceptors (Lipinski definition) is 2. The van der Waals surface area contributed by atoms with Gasteiger partial charge in [0, 0.05) is 11.1 Å². The number of rotatable bonds is 4. The highest BCUT2D eigenvalue weighted by molar-refractivity contribution is 6.31. The molecule has 1 aliphatic heterocycles. The van der Waals surface area contributed by atoms with Crippen molar-refractivity contribution in [2.24, 2.45) is 0 Å². The van der Waals surface area contributed by atoms with Crippen LogP contribution >= 0.6 is 11.6 Å². The van der Waals surface area contributed by atoms with Gasteiger partial charge < -0.3 is 10.1 Å². The highest BCUT2D eigenvalue weighted by atomic mass is 35.5. The Bertz CT molecular complexity index is 353. The van der Waals surface area contributed by atoms with Gasteiger partial charge in [0.1, 0.15) is 5.82 Å². The van der Waals surface area contributed by atoms with Crippen molar-refractivity contribution < 1.29 is 9.13 Å². The van der Waals surface area contributed by atoms with E-state index in [1.807, 2.05) is 0 Å². The van der Waals surface area contributed by atoms with Crippen LogP contribution in [0.2, 0.25) is 5.02 Å². The summed E-state index contributed by atoms with van der Waals surface area (Å²) in [5.41, 5.74) is 0.834. The van der Waals surface area contributed by atoms with Crippen molar-refractivity contribution in [1.82, 2.24) is 5.32 Å². The molecule has 4 heteroatoms. The van der Waals surface area contributed by atoms with E-state index in [-0.39, 0.29) is 5.82 Å². The average molecular weight is 244 g/mol. The number of nitrogens with one attached hydrogen (secondary N) is 1. The first kappa shape index (κ1) is 11.8. The summed E-state index contributed by atoms with van der Waals surface area (Å²) in [7, 11) is 0. The van der Waals surface area contributed by atoms with Crippen LogP contribution in [0.1, 0.15) is 18.4 Å². The minimum Gasteiger partial charge on any atom is -0.375 e. The lowest BCUT2D eigenvalue weighted by Gasteiger charge is -2.11. The molecule has 1 aromatic rings. The first-order valence-electron chi connectivity index (χ1n) is 5.51. The molecule has 16 heavy (non-hydrogen) atoms. The van der Waals surface area contributed by atoms with E-state index in [9.17, 15) is 4.39 Å². The average Bonchev–Trinajstić information content (AvgIpc) is 2.74. The molecule has 0 saturated carbocycles. The summed E-state index contributed by atoms with van der Waals surface area (Å²) in [5.74, 6) is -0.314. The number of ether oxygens (including phenoxy) is 1. The molecule has 0 aliphatic carbocycles. The standard InChI is InChI=1S/C12H15ClFNO/c13-12-6-10(14)4-3-9(12)7-16-8-11-2-1-5-15-11/h3-4,6,11,15H,1-2,5,7-8H2. The number of halogens is 2. The molecule has 88 valence electrons. The van der Waals surface area contributed by atoms with Crippen molar-refractivity contribution in [3.63, 3.8) is 0 Å². The molecular weight excluding hydrogens is 229 g/mol. The zero-order valence-corrected chi connectivity index (χ0v) is 9.77. The lowest BCUT2D eigenvalue weighted by molar-refractivity contribution is 0.103. The van der Waals surface area contributed by atoms with Crippen molar-refractivity contribution in [2.75, 3.05) is 13.2 Å². The van der Waals surface area contributed by atoms with Crippen LogP contribution in [0.3, 0.4) is 0 Å². The SMILES string of the molecule is Fc1ccc(COCC2CCCN2)c(Cl)c1. The van der Waals surface area contributed by atoms with Crippen LogP contribution in [-0.2, 0) is 11.3 Å². The lowest BCUT2D eigenvalue weighted by Crippen LogP contribution is -2.26. The molecule has 1 unspecified atom stereocenters. The molecule has 1 aromatic carbocycles. The van der Waals surface area contributed by atoms with E-state index in [1.54, 1.807) is 6.07 Å². The second-order valence-corrected chi connectivity index (χ2v) is 4.45. The van der Waals surface area contributed by atoms with E-state index < -0.39 is 0 Å². The Balaban J connectivity index is 1.80. The molecule has 1 aliphatic rings. The summed E-state index contributed by atoms with van der Waals surface area (Å²) in [6.45, 7) is 2.20. The summed E-state index contributed by atoms with van der Waals surface area (Å²) in [4.78, 5) is 0. The summed E-state index contributed by atoms with van der Waals surface area (Å²) in [6.07, 6.45) is 2.38. The summed E-state index contributed by atoms with van der Waals surface area (Å²) >= 11 is 5.89. The van der Waals surface area contributed by atoms with Gasteiger partial charge >= 0.3 is 0 Å². The van der Waals surface area contributed by atoms with Gasteiger partial charge in [-0.15, -0.1) is 0 Å². The number of hydrogen-bond donors (Lipinski definition) is 1. The van der Waals surface area contributed by atoms with Crippen LogP contribution in [0.25, 0.3) is 0 Å². The second kappa shape index (κ2) is 5.62. The smallest absolute Gasteiger partial charge is 0.124 e. The third-order valence-corrected chi connectivity index (χ3v) is 3.11. The first-order valence-corrected chi connectivity index (χ1v) is 5.88. The fraction of sp³-hybridized carbons (Fsp3) is 0.500. The van der Waals surface area contributed by atoms with Gasteiger partial charge in [0.25, 0.3) is 0 Å². The van der Waals surface area contributed by atoms with E-state index >= 15 is 0 Å². The Kier molecular flexibility index (Phi) is 4.16. The van der Waals surface area contributed by atoms with E-state index in [0.717, 1.165) is 18.5 Å². The maximum atomic E-state index is 12.8. The van der Waals surface area contributed by atoms with Gasteiger partial charge in [-0.25, -0.2) is 4.39 Å². The molecular formula is C12H15ClFNO. The molecule has 0 aromatic heterocycles. The quantitative estimate of drug-likeness (QED) is 0.878. The molecule has 0 radical (unpaired) electrons. The van der Waals surface area contributed by atoms with Crippen LogP contribution in [-0.4, -0.2) is 19.2 Å². The summed E-state index contributed by atoms with van der Waals surface area (Å²) in [5, 5.41) is 3.78. The van der Waals surface area contributed by atoms with Crippen LogP contribution in [0, 0.1) is 5.82 Å². The Morgan fingerprint density at radius 2 is 2.38 bits per heavy atom. The fourth-order valence-corrected chi connectivity index (χ4v) is 2.07. The van der Waals surface area contributed by atoms with Gasteiger partial charge in [-0.3, -0.25) is 0 Å². The molecule has 1 heterocycles. The molecule has 2 nitrogen and oxygen atoms in total. The zero-order valence-electron chi connectivity index (χ0n) is 9.01. The molecule has 1 atom stereocenters. The first-order chi connectivity index (χ1) is 7.75. The topological polar surface area (TPSA) is 21.3 Å². The Hall–Kier alpha value is -0.640. The predicted molar refractivity (Wildman–Crippen MR) is 62.1 cm³/mol. The molecule has 0 spiro atoms. The van der Waals surface area contributed by atoms with Crippen molar-refractivity contribution in [3.8, 4) is 0 Å². The van der Waals surface area contributed by atoms with E-state index in [2.05, 4.69) is 5.32 Å². The molecule has 1 saturated heterocycles. The predicted octanol–water partition coefficient (Wildman–Crippen LogP) is 2.75. The second-order valence-electron chi connectivity index (χ2n) is 4.04. The molecule has 1 N–H and O–H groups in total. The summed E-state index contributed by atoms with van der Waals surface area (Å²) in [6, 6.07) is 4.84. The molecule has 0 amide bonds. The Labute approximate surface area is 99.7 Å². The van der Waals surface area contributed by atoms with Crippen LogP contribution in [0.5, 0.6) is 0 Å². The Morgan fingerprint density at radius 3 is 3.06 bits per heavy atom. The highest BCUT2D eigenvalue weighted by Crippen LogP contribution is 2.18. The van der Waals surface area contributed by atoms with Gasteiger partial charge in [0.2, 0.25) is 0 Å². The molecule has 0 bridgehead atoms. The monoisotopic (exact) mass is 243 g/mol. The largest absolute Gasteiger partial charge is 0.375 e. The molecule has 1 fully saturated rings. The van der Waals surface area contributed by atoms with E-state index in [0.29, 0.717) is 24.3 Å².